The fourth-order valence-electron chi connectivity index (χ4n) is 3.18. The van der Waals surface area contributed by atoms with Crippen LogP contribution >= 0.6 is 15.9 Å². The zero-order valence-electron chi connectivity index (χ0n) is 19.1. The minimum absolute atomic E-state index is 0.249. The van der Waals surface area contributed by atoms with Crippen LogP contribution in [0.15, 0.2) is 71.6 Å². The first kappa shape index (κ1) is 26.3. The lowest BCUT2D eigenvalue weighted by Gasteiger charge is -2.30. The van der Waals surface area contributed by atoms with Crippen LogP contribution in [0.4, 0.5) is 0 Å². The lowest BCUT2D eigenvalue weighted by Crippen LogP contribution is -2.43. The number of ether oxygens (including phenoxy) is 1. The first-order chi connectivity index (χ1) is 15.0. The van der Waals surface area contributed by atoms with Crippen molar-refractivity contribution in [2.75, 3.05) is 11.9 Å². The van der Waals surface area contributed by atoms with E-state index in [2.05, 4.69) is 15.9 Å². The third-order valence-corrected chi connectivity index (χ3v) is 7.42. The zero-order valence-corrected chi connectivity index (χ0v) is 21.5. The van der Waals surface area contributed by atoms with Gasteiger partial charge < -0.3 is 4.74 Å². The molecule has 0 saturated heterocycles. The minimum atomic E-state index is -3.73. The smallest absolute Gasteiger partial charge is 0.330 e. The number of esters is 1. The summed E-state index contributed by atoms with van der Waals surface area (Å²) in [6.45, 7) is 7.58. The number of rotatable bonds is 10. The second-order valence-electron chi connectivity index (χ2n) is 8.65. The van der Waals surface area contributed by atoms with E-state index in [1.54, 1.807) is 51.1 Å². The number of sulfonamides is 1. The van der Waals surface area contributed by atoms with Crippen molar-refractivity contribution in [1.82, 2.24) is 4.31 Å². The van der Waals surface area contributed by atoms with E-state index in [0.29, 0.717) is 18.2 Å². The summed E-state index contributed by atoms with van der Waals surface area (Å²) in [4.78, 5) is 12.2. The number of hydrogen-bond acceptors (Lipinski definition) is 4. The molecule has 7 heteroatoms. The summed E-state index contributed by atoms with van der Waals surface area (Å²) >= 11 is 3.52. The summed E-state index contributed by atoms with van der Waals surface area (Å²) < 4.78 is 33.9. The molecule has 0 aliphatic heterocycles. The Bertz CT molecular complexity index is 996. The van der Waals surface area contributed by atoms with Gasteiger partial charge in [0, 0.05) is 24.0 Å². The number of benzene rings is 2. The maximum atomic E-state index is 13.5. The van der Waals surface area contributed by atoms with E-state index < -0.39 is 21.6 Å². The lowest BCUT2D eigenvalue weighted by atomic mass is 10.1. The van der Waals surface area contributed by atoms with Gasteiger partial charge in [-0.2, -0.15) is 4.31 Å². The van der Waals surface area contributed by atoms with E-state index in [-0.39, 0.29) is 17.5 Å². The van der Waals surface area contributed by atoms with Crippen molar-refractivity contribution in [2.24, 2.45) is 0 Å². The SMILES string of the molecule is Cc1ccc(S(=O)(=O)N(CC/C=C\C(=O)OC(C)(C)C)[C@H](CBr)Cc2ccccc2)cc1. The Kier molecular flexibility index (Phi) is 9.67. The number of halogens is 1. The van der Waals surface area contributed by atoms with Gasteiger partial charge in [-0.05, 0) is 58.2 Å². The molecule has 2 rings (SSSR count). The minimum Gasteiger partial charge on any atom is -0.457 e. The van der Waals surface area contributed by atoms with Gasteiger partial charge in [0.2, 0.25) is 10.0 Å². The number of carbonyl (C=O) groups excluding carboxylic acids is 1. The molecule has 0 spiro atoms. The van der Waals surface area contributed by atoms with Crippen molar-refractivity contribution in [2.45, 2.75) is 57.1 Å². The molecule has 1 atom stereocenters. The molecule has 0 unspecified atom stereocenters. The van der Waals surface area contributed by atoms with Crippen LogP contribution in [-0.2, 0) is 26.0 Å². The molecule has 0 aliphatic carbocycles. The molecule has 0 fully saturated rings. The fraction of sp³-hybridized carbons (Fsp3) is 0.400. The predicted molar refractivity (Wildman–Crippen MR) is 132 cm³/mol. The normalized spacial score (nSPS) is 13.4. The molecule has 0 N–H and O–H groups in total. The van der Waals surface area contributed by atoms with Crippen LogP contribution in [0, 0.1) is 6.92 Å². The van der Waals surface area contributed by atoms with Gasteiger partial charge >= 0.3 is 5.97 Å². The second kappa shape index (κ2) is 11.8. The number of alkyl halides is 1. The monoisotopic (exact) mass is 521 g/mol. The standard InChI is InChI=1S/C25H32BrNO4S/c1-20-13-15-23(16-14-20)32(29,30)27(17-9-8-12-24(28)31-25(2,3)4)22(19-26)18-21-10-6-5-7-11-21/h5-8,10-16,22H,9,17-19H2,1-4H3/b12-8-/t22-/m0/s1. The van der Waals surface area contributed by atoms with Gasteiger partial charge in [0.1, 0.15) is 5.60 Å². The Balaban J connectivity index is 2.25. The average Bonchev–Trinajstić information content (AvgIpc) is 2.72. The van der Waals surface area contributed by atoms with Crippen molar-refractivity contribution in [3.05, 3.63) is 77.9 Å². The van der Waals surface area contributed by atoms with Gasteiger partial charge in [0.05, 0.1) is 4.90 Å². The Morgan fingerprint density at radius 1 is 1.09 bits per heavy atom. The molecule has 0 amide bonds. The largest absolute Gasteiger partial charge is 0.457 e. The maximum Gasteiger partial charge on any atom is 0.330 e. The van der Waals surface area contributed by atoms with Gasteiger partial charge in [-0.25, -0.2) is 13.2 Å². The molecule has 0 aromatic heterocycles. The first-order valence-electron chi connectivity index (χ1n) is 10.6. The summed E-state index contributed by atoms with van der Waals surface area (Å²) in [5.41, 5.74) is 1.49. The number of hydrogen-bond donors (Lipinski definition) is 0. The van der Waals surface area contributed by atoms with E-state index in [4.69, 9.17) is 4.74 Å². The molecule has 32 heavy (non-hydrogen) atoms. The van der Waals surface area contributed by atoms with E-state index in [9.17, 15) is 13.2 Å². The van der Waals surface area contributed by atoms with Gasteiger partial charge in [0.25, 0.3) is 0 Å². The van der Waals surface area contributed by atoms with E-state index in [1.807, 2.05) is 37.3 Å². The van der Waals surface area contributed by atoms with E-state index >= 15 is 0 Å². The lowest BCUT2D eigenvalue weighted by molar-refractivity contribution is -0.148. The summed E-state index contributed by atoms with van der Waals surface area (Å²) in [6, 6.07) is 16.4. The molecule has 0 bridgehead atoms. The van der Waals surface area contributed by atoms with Crippen molar-refractivity contribution >= 4 is 31.9 Å². The third-order valence-electron chi connectivity index (χ3n) is 4.70. The highest BCUT2D eigenvalue weighted by atomic mass is 79.9. The Morgan fingerprint density at radius 3 is 2.28 bits per heavy atom. The van der Waals surface area contributed by atoms with Crippen molar-refractivity contribution in [1.29, 1.82) is 0 Å². The zero-order chi connectivity index (χ0) is 23.8. The summed E-state index contributed by atoms with van der Waals surface area (Å²) in [5.74, 6) is -0.438. The van der Waals surface area contributed by atoms with Gasteiger partial charge in [-0.15, -0.1) is 0 Å². The first-order valence-corrected chi connectivity index (χ1v) is 13.2. The highest BCUT2D eigenvalue weighted by Gasteiger charge is 2.30. The molecule has 0 saturated carbocycles. The molecular weight excluding hydrogens is 490 g/mol. The van der Waals surface area contributed by atoms with Crippen LogP contribution in [0.1, 0.15) is 38.3 Å². The maximum absolute atomic E-state index is 13.5. The Hall–Kier alpha value is -1.96. The Morgan fingerprint density at radius 2 is 1.72 bits per heavy atom. The quantitative estimate of drug-likeness (QED) is 0.242. The fourth-order valence-corrected chi connectivity index (χ4v) is 5.59. The van der Waals surface area contributed by atoms with E-state index in [0.717, 1.165) is 11.1 Å². The molecule has 0 heterocycles. The number of aryl methyl sites for hydroxylation is 1. The average molecular weight is 523 g/mol. The molecule has 0 aliphatic rings. The van der Waals surface area contributed by atoms with Gasteiger partial charge in [-0.3, -0.25) is 0 Å². The number of nitrogens with zero attached hydrogens (tertiary/aromatic N) is 1. The van der Waals surface area contributed by atoms with Crippen molar-refractivity contribution < 1.29 is 17.9 Å². The second-order valence-corrected chi connectivity index (χ2v) is 11.2. The topological polar surface area (TPSA) is 63.7 Å². The third kappa shape index (κ3) is 8.19. The molecule has 0 radical (unpaired) electrons. The molecule has 2 aromatic rings. The van der Waals surface area contributed by atoms with Crippen LogP contribution in [-0.4, -0.2) is 42.2 Å². The highest BCUT2D eigenvalue weighted by molar-refractivity contribution is 9.09. The predicted octanol–water partition coefficient (Wildman–Crippen LogP) is 5.28. The van der Waals surface area contributed by atoms with Crippen LogP contribution in [0.2, 0.25) is 0 Å². The molecule has 2 aromatic carbocycles. The van der Waals surface area contributed by atoms with Crippen LogP contribution in [0.5, 0.6) is 0 Å². The highest BCUT2D eigenvalue weighted by Crippen LogP contribution is 2.23. The van der Waals surface area contributed by atoms with E-state index in [1.165, 1.54) is 10.4 Å². The Labute approximate surface area is 200 Å². The molecular formula is C25H32BrNO4S. The van der Waals surface area contributed by atoms with Crippen molar-refractivity contribution in [3.63, 3.8) is 0 Å². The van der Waals surface area contributed by atoms with Crippen LogP contribution in [0.25, 0.3) is 0 Å². The van der Waals surface area contributed by atoms with Crippen LogP contribution < -0.4 is 0 Å². The molecule has 5 nitrogen and oxygen atoms in total. The summed E-state index contributed by atoms with van der Waals surface area (Å²) in [7, 11) is -3.73. The van der Waals surface area contributed by atoms with Crippen molar-refractivity contribution in [3.8, 4) is 0 Å². The summed E-state index contributed by atoms with van der Waals surface area (Å²) in [6.07, 6.45) is 4.00. The number of carbonyl (C=O) groups is 1. The van der Waals surface area contributed by atoms with Gasteiger partial charge in [-0.1, -0.05) is 70.0 Å². The summed E-state index contributed by atoms with van der Waals surface area (Å²) in [5, 5.41) is 0.489. The molecule has 174 valence electrons. The van der Waals surface area contributed by atoms with Gasteiger partial charge in [0.15, 0.2) is 0 Å². The van der Waals surface area contributed by atoms with Crippen LogP contribution in [0.3, 0.4) is 0 Å².